The van der Waals surface area contributed by atoms with Gasteiger partial charge in [-0.2, -0.15) is 0 Å². The Bertz CT molecular complexity index is 1060. The van der Waals surface area contributed by atoms with Crippen molar-refractivity contribution in [1.82, 2.24) is 9.88 Å². The van der Waals surface area contributed by atoms with E-state index in [1.54, 1.807) is 6.92 Å². The van der Waals surface area contributed by atoms with Gasteiger partial charge in [0.1, 0.15) is 5.76 Å². The van der Waals surface area contributed by atoms with Gasteiger partial charge >= 0.3 is 0 Å². The number of para-hydroxylation sites is 1. The van der Waals surface area contributed by atoms with Crippen LogP contribution in [0, 0.1) is 12.3 Å². The summed E-state index contributed by atoms with van der Waals surface area (Å²) < 4.78 is 8.02. The molecule has 3 aromatic rings. The van der Waals surface area contributed by atoms with Crippen LogP contribution in [-0.2, 0) is 13.0 Å². The number of hydrogen-bond donors (Lipinski definition) is 1. The lowest BCUT2D eigenvalue weighted by Crippen LogP contribution is -2.26. The van der Waals surface area contributed by atoms with Crippen molar-refractivity contribution < 1.29 is 14.0 Å². The third-order valence-electron chi connectivity index (χ3n) is 5.52. The van der Waals surface area contributed by atoms with Crippen LogP contribution in [0.15, 0.2) is 40.9 Å². The van der Waals surface area contributed by atoms with Crippen LogP contribution in [0.2, 0.25) is 0 Å². The van der Waals surface area contributed by atoms with Gasteiger partial charge in [-0.25, -0.2) is 0 Å². The van der Waals surface area contributed by atoms with Gasteiger partial charge in [-0.05, 0) is 36.3 Å². The Kier molecular flexibility index (Phi) is 4.61. The molecule has 0 atom stereocenters. The van der Waals surface area contributed by atoms with Gasteiger partial charge in [0.2, 0.25) is 0 Å². The number of nitrogens with zero attached hydrogens (tertiary/aromatic N) is 1. The SMILES string of the molecule is Cc1c(C(=O)NCCCn2ccc3ccccc32)oc2c1C(=O)CC(C)(C)C2. The molecule has 0 spiro atoms. The molecule has 0 fully saturated rings. The Morgan fingerprint density at radius 1 is 1.21 bits per heavy atom. The molecule has 2 aromatic heterocycles. The molecule has 0 saturated carbocycles. The number of carbonyl (C=O) groups is 2. The summed E-state index contributed by atoms with van der Waals surface area (Å²) in [5.41, 5.74) is 2.36. The van der Waals surface area contributed by atoms with Gasteiger partial charge in [-0.15, -0.1) is 0 Å². The molecule has 1 aromatic carbocycles. The Morgan fingerprint density at radius 2 is 2.00 bits per heavy atom. The van der Waals surface area contributed by atoms with Gasteiger partial charge in [0, 0.05) is 43.2 Å². The van der Waals surface area contributed by atoms with E-state index in [0.29, 0.717) is 36.3 Å². The Hall–Kier alpha value is -2.82. The van der Waals surface area contributed by atoms with E-state index in [-0.39, 0.29) is 22.9 Å². The van der Waals surface area contributed by atoms with E-state index in [1.165, 1.54) is 10.9 Å². The van der Waals surface area contributed by atoms with E-state index >= 15 is 0 Å². The fourth-order valence-electron chi connectivity index (χ4n) is 4.17. The molecule has 0 saturated heterocycles. The first-order valence-electron chi connectivity index (χ1n) is 9.83. The third kappa shape index (κ3) is 3.37. The van der Waals surface area contributed by atoms with Crippen LogP contribution in [0.4, 0.5) is 0 Å². The number of amides is 1. The van der Waals surface area contributed by atoms with E-state index in [1.807, 2.05) is 12.1 Å². The Labute approximate surface area is 164 Å². The third-order valence-corrected chi connectivity index (χ3v) is 5.52. The summed E-state index contributed by atoms with van der Waals surface area (Å²) in [6.45, 7) is 7.29. The van der Waals surface area contributed by atoms with Crippen molar-refractivity contribution in [1.29, 1.82) is 0 Å². The van der Waals surface area contributed by atoms with Crippen molar-refractivity contribution in [3.05, 3.63) is 59.2 Å². The highest BCUT2D eigenvalue weighted by Crippen LogP contribution is 2.38. The lowest BCUT2D eigenvalue weighted by Gasteiger charge is -2.27. The standard InChI is InChI=1S/C23H26N2O3/c1-15-20-18(26)13-23(2,3)14-19(20)28-21(15)22(27)24-10-6-11-25-12-9-16-7-4-5-8-17(16)25/h4-5,7-9,12H,6,10-11,13-14H2,1-3H3,(H,24,27). The number of aryl methyl sites for hydroxylation is 1. The fraction of sp³-hybridized carbons (Fsp3) is 0.391. The molecule has 0 bridgehead atoms. The highest BCUT2D eigenvalue weighted by Gasteiger charge is 2.36. The van der Waals surface area contributed by atoms with Crippen molar-refractivity contribution in [3.8, 4) is 0 Å². The summed E-state index contributed by atoms with van der Waals surface area (Å²) in [5, 5.41) is 4.16. The second-order valence-corrected chi connectivity index (χ2v) is 8.47. The molecule has 2 heterocycles. The van der Waals surface area contributed by atoms with Crippen LogP contribution in [0.3, 0.4) is 0 Å². The van der Waals surface area contributed by atoms with Gasteiger partial charge in [-0.3, -0.25) is 9.59 Å². The number of aromatic nitrogens is 1. The molecule has 5 nitrogen and oxygen atoms in total. The van der Waals surface area contributed by atoms with E-state index in [0.717, 1.165) is 13.0 Å². The van der Waals surface area contributed by atoms with Crippen LogP contribution in [0.5, 0.6) is 0 Å². The molecule has 5 heteroatoms. The molecular weight excluding hydrogens is 352 g/mol. The Morgan fingerprint density at radius 3 is 2.82 bits per heavy atom. The normalized spacial score (nSPS) is 15.6. The quantitative estimate of drug-likeness (QED) is 0.664. The maximum atomic E-state index is 12.6. The molecule has 4 rings (SSSR count). The Balaban J connectivity index is 1.39. The van der Waals surface area contributed by atoms with Crippen LogP contribution in [0.25, 0.3) is 10.9 Å². The highest BCUT2D eigenvalue weighted by molar-refractivity contribution is 6.03. The minimum atomic E-state index is -0.241. The first kappa shape index (κ1) is 18.5. The first-order chi connectivity index (χ1) is 13.4. The lowest BCUT2D eigenvalue weighted by atomic mass is 9.76. The van der Waals surface area contributed by atoms with Crippen LogP contribution >= 0.6 is 0 Å². The summed E-state index contributed by atoms with van der Waals surface area (Å²) in [5.74, 6) is 0.770. The predicted molar refractivity (Wildman–Crippen MR) is 109 cm³/mol. The summed E-state index contributed by atoms with van der Waals surface area (Å²) in [7, 11) is 0. The monoisotopic (exact) mass is 378 g/mol. The molecule has 0 aliphatic heterocycles. The predicted octanol–water partition coefficient (Wildman–Crippen LogP) is 4.52. The lowest BCUT2D eigenvalue weighted by molar-refractivity contribution is 0.0888. The molecule has 146 valence electrons. The van der Waals surface area contributed by atoms with E-state index in [2.05, 4.69) is 48.1 Å². The maximum Gasteiger partial charge on any atom is 0.287 e. The molecule has 0 unspecified atom stereocenters. The van der Waals surface area contributed by atoms with Crippen LogP contribution in [0.1, 0.15) is 58.9 Å². The summed E-state index contributed by atoms with van der Waals surface area (Å²) in [6, 6.07) is 10.4. The number of carbonyl (C=O) groups excluding carboxylic acids is 2. The second-order valence-electron chi connectivity index (χ2n) is 8.47. The number of furan rings is 1. The van der Waals surface area contributed by atoms with E-state index in [9.17, 15) is 9.59 Å². The molecule has 1 N–H and O–H groups in total. The van der Waals surface area contributed by atoms with Crippen LogP contribution < -0.4 is 5.32 Å². The van der Waals surface area contributed by atoms with E-state index in [4.69, 9.17) is 4.42 Å². The van der Waals surface area contributed by atoms with Gasteiger partial charge in [0.05, 0.1) is 5.56 Å². The maximum absolute atomic E-state index is 12.6. The molecule has 1 amide bonds. The minimum Gasteiger partial charge on any atom is -0.455 e. The number of rotatable bonds is 5. The molecule has 1 aliphatic carbocycles. The van der Waals surface area contributed by atoms with Crippen LogP contribution in [-0.4, -0.2) is 22.8 Å². The summed E-state index contributed by atoms with van der Waals surface area (Å²) in [4.78, 5) is 25.1. The molecule has 28 heavy (non-hydrogen) atoms. The fourth-order valence-corrected chi connectivity index (χ4v) is 4.17. The average molecular weight is 378 g/mol. The second kappa shape index (κ2) is 6.97. The van der Waals surface area contributed by atoms with Gasteiger partial charge in [-0.1, -0.05) is 32.0 Å². The molecule has 0 radical (unpaired) electrons. The van der Waals surface area contributed by atoms with Crippen molar-refractivity contribution in [3.63, 3.8) is 0 Å². The smallest absolute Gasteiger partial charge is 0.287 e. The number of hydrogen-bond acceptors (Lipinski definition) is 3. The molecular formula is C23H26N2O3. The highest BCUT2D eigenvalue weighted by atomic mass is 16.4. The minimum absolute atomic E-state index is 0.0750. The topological polar surface area (TPSA) is 64.2 Å². The summed E-state index contributed by atoms with van der Waals surface area (Å²) in [6.07, 6.45) is 4.07. The average Bonchev–Trinajstić information content (AvgIpc) is 3.19. The zero-order chi connectivity index (χ0) is 19.9. The van der Waals surface area contributed by atoms with Gasteiger partial charge < -0.3 is 14.3 Å². The summed E-state index contributed by atoms with van der Waals surface area (Å²) >= 11 is 0. The number of fused-ring (bicyclic) bond motifs is 2. The van der Waals surface area contributed by atoms with Crippen molar-refractivity contribution in [2.45, 2.75) is 46.6 Å². The largest absolute Gasteiger partial charge is 0.455 e. The van der Waals surface area contributed by atoms with Crippen molar-refractivity contribution in [2.24, 2.45) is 5.41 Å². The van der Waals surface area contributed by atoms with Gasteiger partial charge in [0.25, 0.3) is 5.91 Å². The van der Waals surface area contributed by atoms with Crippen molar-refractivity contribution in [2.75, 3.05) is 6.54 Å². The zero-order valence-electron chi connectivity index (χ0n) is 16.7. The number of benzene rings is 1. The number of Topliss-reactive ketones (excluding diaryl/α,β-unsaturated/α-hetero) is 1. The van der Waals surface area contributed by atoms with Crippen molar-refractivity contribution >= 4 is 22.6 Å². The first-order valence-corrected chi connectivity index (χ1v) is 9.83. The number of nitrogens with one attached hydrogen (secondary N) is 1. The molecule has 1 aliphatic rings. The zero-order valence-corrected chi connectivity index (χ0v) is 16.7. The van der Waals surface area contributed by atoms with E-state index < -0.39 is 0 Å². The number of ketones is 1. The van der Waals surface area contributed by atoms with Gasteiger partial charge in [0.15, 0.2) is 11.5 Å².